The van der Waals surface area contributed by atoms with Crippen molar-refractivity contribution in [3.05, 3.63) is 169 Å². The fraction of sp³-hybridized carbons (Fsp3) is 0.154. The lowest BCUT2D eigenvalue weighted by molar-refractivity contribution is -1.92. The van der Waals surface area contributed by atoms with Gasteiger partial charge in [0.2, 0.25) is 11.4 Å². The second-order valence-electron chi connectivity index (χ2n) is 12.1. The van der Waals surface area contributed by atoms with Crippen LogP contribution in [-0.2, 0) is 10.8 Å². The smallest absolute Gasteiger partial charge is 0.215 e. The van der Waals surface area contributed by atoms with Gasteiger partial charge in [0.25, 0.3) is 0 Å². The number of hydrogen-bond acceptors (Lipinski definition) is 5. The zero-order valence-electron chi connectivity index (χ0n) is 26.4. The zero-order chi connectivity index (χ0) is 33.0. The highest BCUT2D eigenvalue weighted by Gasteiger charge is 2.45. The van der Waals surface area contributed by atoms with Crippen molar-refractivity contribution in [2.24, 2.45) is 0 Å². The molecule has 4 aromatic rings. The topological polar surface area (TPSA) is 95.7 Å². The van der Waals surface area contributed by atoms with Gasteiger partial charge in [-0.15, -0.1) is 0 Å². The number of para-hydroxylation sites is 4. The van der Waals surface area contributed by atoms with Crippen LogP contribution in [0.25, 0.3) is 0 Å². The van der Waals surface area contributed by atoms with Crippen LogP contribution in [0.2, 0.25) is 0 Å². The Morgan fingerprint density at radius 2 is 1.15 bits per heavy atom. The molecule has 0 atom stereocenters. The normalized spacial score (nSPS) is 17.6. The van der Waals surface area contributed by atoms with Crippen molar-refractivity contribution in [1.82, 2.24) is 4.58 Å². The van der Waals surface area contributed by atoms with Crippen LogP contribution in [0, 0.1) is 10.2 Å². The first-order valence-corrected chi connectivity index (χ1v) is 16.3. The lowest BCUT2D eigenvalue weighted by Crippen LogP contribution is -2.58. The Labute approximate surface area is 273 Å². The third-order valence-electron chi connectivity index (χ3n) is 8.38. The van der Waals surface area contributed by atoms with Crippen LogP contribution in [0.4, 0.5) is 22.7 Å². The van der Waals surface area contributed by atoms with Crippen molar-refractivity contribution in [3.63, 3.8) is 0 Å². The van der Waals surface area contributed by atoms with Gasteiger partial charge in [0.05, 0.1) is 20.3 Å². The van der Waals surface area contributed by atoms with Crippen LogP contribution in [0.15, 0.2) is 157 Å². The predicted molar refractivity (Wildman–Crippen MR) is 178 cm³/mol. The molecule has 6 rings (SSSR count). The summed E-state index contributed by atoms with van der Waals surface area (Å²) in [5.74, 6) is 0. The number of halogens is 1. The molecule has 0 spiro atoms. The highest BCUT2D eigenvalue weighted by molar-refractivity contribution is 6.10. The van der Waals surface area contributed by atoms with E-state index in [0.717, 1.165) is 0 Å². The monoisotopic (exact) mass is 633 g/mol. The summed E-state index contributed by atoms with van der Waals surface area (Å²) in [4.78, 5) is 2.39. The van der Waals surface area contributed by atoms with Crippen LogP contribution < -0.4 is 23.5 Å². The standard InChI is InChI=1S/C39H37N2.ClHO4/c1-38(2)32-24-16-18-26-34(32)40(30-20-10-8-11-21-30)36(38)28-14-6-5-7-15-29-37-39(3,4)33-25-17-19-27-35(33)41(37)31-22-12-9-13-23-31;2-1(3,4)5/h5-29H,1-4H3;(H,2,3,4,5)/q+1;. The Bertz CT molecular complexity index is 1830. The molecule has 0 saturated carbocycles. The van der Waals surface area contributed by atoms with Gasteiger partial charge in [-0.05, 0) is 43.7 Å². The fourth-order valence-electron chi connectivity index (χ4n) is 6.25. The first-order valence-electron chi connectivity index (χ1n) is 15.0. The molecular formula is C39H38ClN2O4+. The highest BCUT2D eigenvalue weighted by atomic mass is 35.7. The van der Waals surface area contributed by atoms with E-state index in [1.165, 1.54) is 45.3 Å². The van der Waals surface area contributed by atoms with E-state index in [1.807, 2.05) is 0 Å². The fourth-order valence-corrected chi connectivity index (χ4v) is 6.25. The maximum absolute atomic E-state index is 8.60. The largest absolute Gasteiger partial charge is 0.313 e. The summed E-state index contributed by atoms with van der Waals surface area (Å²) in [7, 11) is -4.69. The second kappa shape index (κ2) is 13.4. The molecule has 2 aliphatic rings. The number of benzene rings is 4. The molecule has 46 heavy (non-hydrogen) atoms. The van der Waals surface area contributed by atoms with Crippen molar-refractivity contribution < 1.29 is 28.9 Å². The summed E-state index contributed by atoms with van der Waals surface area (Å²) in [5, 5.41) is 0. The molecule has 1 N–H and O–H groups in total. The van der Waals surface area contributed by atoms with Crippen molar-refractivity contribution in [3.8, 4) is 0 Å². The van der Waals surface area contributed by atoms with E-state index >= 15 is 0 Å². The number of nitrogens with zero attached hydrogens (tertiary/aromatic N) is 2. The minimum absolute atomic E-state index is 0.0962. The molecule has 0 aliphatic carbocycles. The Morgan fingerprint density at radius 3 is 1.83 bits per heavy atom. The molecule has 4 aromatic carbocycles. The Morgan fingerprint density at radius 1 is 0.630 bits per heavy atom. The SMILES string of the molecule is CC1(C)C(/C=C/C=C/C=C/C=C2/N(c3ccccc3)c3ccccc3C2(C)C)=[N+](c2ccccc2)c2ccccc21.[O-][Cl+3]([O-])([O-])O. The lowest BCUT2D eigenvalue weighted by Gasteiger charge is -2.27. The Kier molecular flexibility index (Phi) is 9.58. The molecule has 0 aromatic heterocycles. The van der Waals surface area contributed by atoms with Gasteiger partial charge in [-0.25, -0.2) is 0 Å². The molecule has 234 valence electrons. The second-order valence-corrected chi connectivity index (χ2v) is 12.9. The van der Waals surface area contributed by atoms with E-state index in [9.17, 15) is 0 Å². The molecule has 0 fully saturated rings. The number of fused-ring (bicyclic) bond motifs is 2. The summed E-state index contributed by atoms with van der Waals surface area (Å²) in [6.07, 6.45) is 15.2. The first-order chi connectivity index (χ1) is 21.9. The number of allylic oxidation sites excluding steroid dienone is 8. The molecule has 0 radical (unpaired) electrons. The van der Waals surface area contributed by atoms with Gasteiger partial charge in [-0.3, -0.25) is 0 Å². The molecular weight excluding hydrogens is 596 g/mol. The summed E-state index contributed by atoms with van der Waals surface area (Å²) in [6, 6.07) is 38.7. The third-order valence-corrected chi connectivity index (χ3v) is 8.38. The quantitative estimate of drug-likeness (QED) is 0.214. The summed E-state index contributed by atoms with van der Waals surface area (Å²) in [6.45, 7) is 9.24. The summed E-state index contributed by atoms with van der Waals surface area (Å²) < 4.78 is 35.1. The van der Waals surface area contributed by atoms with Gasteiger partial charge >= 0.3 is 0 Å². The minimum atomic E-state index is -4.69. The Balaban J connectivity index is 0.000000775. The molecule has 2 heterocycles. The summed E-state index contributed by atoms with van der Waals surface area (Å²) >= 11 is 0. The molecule has 7 heteroatoms. The van der Waals surface area contributed by atoms with Crippen LogP contribution in [-0.4, -0.2) is 10.4 Å². The molecule has 6 nitrogen and oxygen atoms in total. The summed E-state index contributed by atoms with van der Waals surface area (Å²) in [5.41, 5.74) is 9.91. The van der Waals surface area contributed by atoms with E-state index < -0.39 is 10.2 Å². The highest BCUT2D eigenvalue weighted by Crippen LogP contribution is 2.51. The van der Waals surface area contributed by atoms with Crippen molar-refractivity contribution in [2.75, 3.05) is 4.90 Å². The van der Waals surface area contributed by atoms with Crippen LogP contribution >= 0.6 is 0 Å². The third kappa shape index (κ3) is 6.97. The van der Waals surface area contributed by atoms with Gasteiger partial charge in [0, 0.05) is 52.3 Å². The van der Waals surface area contributed by atoms with Gasteiger partial charge < -0.3 is 4.90 Å². The van der Waals surface area contributed by atoms with Crippen molar-refractivity contribution in [2.45, 2.75) is 38.5 Å². The van der Waals surface area contributed by atoms with Crippen LogP contribution in [0.3, 0.4) is 0 Å². The average molecular weight is 634 g/mol. The molecule has 0 saturated heterocycles. The first kappa shape index (κ1) is 32.8. The number of anilines is 2. The molecule has 2 aliphatic heterocycles. The van der Waals surface area contributed by atoms with Gasteiger partial charge in [-0.1, -0.05) is 117 Å². The van der Waals surface area contributed by atoms with E-state index in [-0.39, 0.29) is 10.8 Å². The van der Waals surface area contributed by atoms with Gasteiger partial charge in [0.15, 0.2) is 5.71 Å². The molecule has 0 amide bonds. The maximum Gasteiger partial charge on any atom is 0.215 e. The van der Waals surface area contributed by atoms with E-state index in [4.69, 9.17) is 18.6 Å². The predicted octanol–water partition coefficient (Wildman–Crippen LogP) is 5.81. The number of rotatable bonds is 6. The van der Waals surface area contributed by atoms with Gasteiger partial charge in [0.1, 0.15) is 0 Å². The van der Waals surface area contributed by atoms with Crippen LogP contribution in [0.1, 0.15) is 38.8 Å². The van der Waals surface area contributed by atoms with E-state index in [1.54, 1.807) is 0 Å². The average Bonchev–Trinajstić information content (AvgIpc) is 3.39. The minimum Gasteiger partial charge on any atom is -0.313 e. The van der Waals surface area contributed by atoms with Crippen molar-refractivity contribution in [1.29, 1.82) is 0 Å². The van der Waals surface area contributed by atoms with Crippen LogP contribution in [0.5, 0.6) is 0 Å². The maximum atomic E-state index is 8.60. The zero-order valence-corrected chi connectivity index (χ0v) is 27.1. The Hall–Kier alpha value is -4.56. The number of hydrogen-bond donors (Lipinski definition) is 1. The molecule has 0 unspecified atom stereocenters. The van der Waals surface area contributed by atoms with E-state index in [0.29, 0.717) is 0 Å². The lowest BCUT2D eigenvalue weighted by atomic mass is 9.81. The van der Waals surface area contributed by atoms with Crippen molar-refractivity contribution >= 4 is 28.5 Å². The van der Waals surface area contributed by atoms with Gasteiger partial charge in [-0.2, -0.15) is 18.6 Å². The molecule has 0 bridgehead atoms. The van der Waals surface area contributed by atoms with E-state index in [2.05, 4.69) is 189 Å².